The van der Waals surface area contributed by atoms with Crippen LogP contribution in [-0.4, -0.2) is 49.5 Å². The largest absolute Gasteiger partial charge is 0.482 e. The van der Waals surface area contributed by atoms with Crippen LogP contribution in [0.3, 0.4) is 0 Å². The summed E-state index contributed by atoms with van der Waals surface area (Å²) in [6, 6.07) is 13.1. The van der Waals surface area contributed by atoms with Crippen molar-refractivity contribution in [1.29, 1.82) is 0 Å². The molecule has 0 fully saturated rings. The van der Waals surface area contributed by atoms with Crippen LogP contribution in [0.25, 0.3) is 0 Å². The predicted octanol–water partition coefficient (Wildman–Crippen LogP) is 2.88. The number of hydrogen-bond acceptors (Lipinski definition) is 5. The molecule has 0 aliphatic heterocycles. The Balaban J connectivity index is 1.75. The zero-order valence-electron chi connectivity index (χ0n) is 17.9. The minimum absolute atomic E-state index is 0.145. The molecule has 0 heterocycles. The van der Waals surface area contributed by atoms with Crippen molar-refractivity contribution < 1.29 is 23.9 Å². The van der Waals surface area contributed by atoms with Gasteiger partial charge in [-0.3, -0.25) is 9.59 Å². The molecule has 7 nitrogen and oxygen atoms in total. The van der Waals surface area contributed by atoms with Crippen LogP contribution >= 0.6 is 0 Å². The Bertz CT molecular complexity index is 910. The van der Waals surface area contributed by atoms with Crippen LogP contribution in [0.1, 0.15) is 23.6 Å². The van der Waals surface area contributed by atoms with Gasteiger partial charge < -0.3 is 19.7 Å². The molecule has 2 rings (SSSR count). The quantitative estimate of drug-likeness (QED) is 0.640. The van der Waals surface area contributed by atoms with Gasteiger partial charge >= 0.3 is 5.97 Å². The lowest BCUT2D eigenvalue weighted by atomic mass is 10.1. The van der Waals surface area contributed by atoms with E-state index in [1.807, 2.05) is 57.2 Å². The average Bonchev–Trinajstić information content (AvgIpc) is 2.71. The summed E-state index contributed by atoms with van der Waals surface area (Å²) in [4.78, 5) is 37.4. The predicted molar refractivity (Wildman–Crippen MR) is 114 cm³/mol. The Kier molecular flexibility index (Phi) is 8.41. The van der Waals surface area contributed by atoms with Crippen LogP contribution in [0, 0.1) is 13.8 Å². The van der Waals surface area contributed by atoms with E-state index in [-0.39, 0.29) is 19.1 Å². The van der Waals surface area contributed by atoms with E-state index in [0.29, 0.717) is 5.75 Å². The lowest BCUT2D eigenvalue weighted by Gasteiger charge is -2.17. The van der Waals surface area contributed by atoms with Crippen molar-refractivity contribution in [1.82, 2.24) is 4.90 Å². The van der Waals surface area contributed by atoms with Gasteiger partial charge in [0.25, 0.3) is 5.91 Å². The number of nitrogens with zero attached hydrogens (tertiary/aromatic N) is 1. The molecule has 0 saturated carbocycles. The molecule has 0 bridgehead atoms. The fourth-order valence-corrected chi connectivity index (χ4v) is 2.84. The van der Waals surface area contributed by atoms with E-state index in [9.17, 15) is 14.4 Å². The second-order valence-corrected chi connectivity index (χ2v) is 7.03. The summed E-state index contributed by atoms with van der Waals surface area (Å²) in [7, 11) is 1.48. The highest BCUT2D eigenvalue weighted by Gasteiger charge is 2.16. The summed E-state index contributed by atoms with van der Waals surface area (Å²) in [5.74, 6) is -0.867. The zero-order chi connectivity index (χ0) is 22.1. The van der Waals surface area contributed by atoms with Gasteiger partial charge in [0.2, 0.25) is 5.91 Å². The fourth-order valence-electron chi connectivity index (χ4n) is 2.84. The van der Waals surface area contributed by atoms with E-state index >= 15 is 0 Å². The van der Waals surface area contributed by atoms with Gasteiger partial charge in [0, 0.05) is 12.7 Å². The molecule has 0 radical (unpaired) electrons. The molecule has 2 aromatic carbocycles. The van der Waals surface area contributed by atoms with Crippen LogP contribution in [-0.2, 0) is 25.5 Å². The first-order valence-corrected chi connectivity index (χ1v) is 9.77. The number of hydrogen-bond donors (Lipinski definition) is 1. The first-order chi connectivity index (χ1) is 14.3. The van der Waals surface area contributed by atoms with E-state index in [4.69, 9.17) is 9.47 Å². The summed E-state index contributed by atoms with van der Waals surface area (Å²) >= 11 is 0. The van der Waals surface area contributed by atoms with Gasteiger partial charge in [-0.25, -0.2) is 4.79 Å². The molecule has 0 aromatic heterocycles. The number of esters is 1. The van der Waals surface area contributed by atoms with Gasteiger partial charge in [0.1, 0.15) is 5.75 Å². The average molecular weight is 412 g/mol. The molecule has 0 unspecified atom stereocenters. The minimum atomic E-state index is -0.655. The first kappa shape index (κ1) is 22.9. The molecule has 1 N–H and O–H groups in total. The van der Waals surface area contributed by atoms with Crippen LogP contribution in [0.4, 0.5) is 5.69 Å². The number of rotatable bonds is 9. The Morgan fingerprint density at radius 2 is 1.77 bits per heavy atom. The number of anilines is 1. The lowest BCUT2D eigenvalue weighted by Crippen LogP contribution is -2.37. The smallest absolute Gasteiger partial charge is 0.344 e. The summed E-state index contributed by atoms with van der Waals surface area (Å²) in [6.45, 7) is 4.96. The molecule has 0 atom stereocenters. The molecular weight excluding hydrogens is 384 g/mol. The molecule has 0 saturated heterocycles. The Morgan fingerprint density at radius 1 is 1.03 bits per heavy atom. The third-order valence-electron chi connectivity index (χ3n) is 4.51. The SMILES string of the molecule is CCc1ccccc1NC(=O)CN(C)C(=O)COC(=O)COc1ccc(C)cc1C. The van der Waals surface area contributed by atoms with Crippen molar-refractivity contribution in [3.8, 4) is 5.75 Å². The zero-order valence-corrected chi connectivity index (χ0v) is 17.9. The third kappa shape index (κ3) is 6.92. The third-order valence-corrected chi connectivity index (χ3v) is 4.51. The van der Waals surface area contributed by atoms with Gasteiger partial charge in [-0.1, -0.05) is 42.8 Å². The maximum Gasteiger partial charge on any atom is 0.344 e. The van der Waals surface area contributed by atoms with Crippen molar-refractivity contribution in [2.45, 2.75) is 27.2 Å². The van der Waals surface area contributed by atoms with Crippen LogP contribution < -0.4 is 10.1 Å². The summed E-state index contributed by atoms with van der Waals surface area (Å²) in [5, 5.41) is 2.80. The number of benzene rings is 2. The standard InChI is InChI=1S/C23H28N2O5/c1-5-18-8-6-7-9-19(18)24-21(26)13-25(4)22(27)14-30-23(28)15-29-20-11-10-16(2)12-17(20)3/h6-12H,5,13-15H2,1-4H3,(H,24,26). The van der Waals surface area contributed by atoms with Gasteiger partial charge in [-0.2, -0.15) is 0 Å². The van der Waals surface area contributed by atoms with Crippen molar-refractivity contribution in [3.63, 3.8) is 0 Å². The van der Waals surface area contributed by atoms with Gasteiger partial charge in [-0.05, 0) is 43.5 Å². The molecule has 0 aliphatic carbocycles. The number of para-hydroxylation sites is 1. The van der Waals surface area contributed by atoms with Crippen molar-refractivity contribution in [2.75, 3.05) is 32.1 Å². The van der Waals surface area contributed by atoms with Crippen LogP contribution in [0.15, 0.2) is 42.5 Å². The number of carbonyl (C=O) groups is 3. The molecular formula is C23H28N2O5. The van der Waals surface area contributed by atoms with E-state index in [0.717, 1.165) is 28.8 Å². The molecule has 0 spiro atoms. The highest BCUT2D eigenvalue weighted by Crippen LogP contribution is 2.18. The molecule has 30 heavy (non-hydrogen) atoms. The second-order valence-electron chi connectivity index (χ2n) is 7.03. The first-order valence-electron chi connectivity index (χ1n) is 9.77. The minimum Gasteiger partial charge on any atom is -0.482 e. The Hall–Kier alpha value is -3.35. The molecule has 2 amide bonds. The maximum atomic E-state index is 12.2. The lowest BCUT2D eigenvalue weighted by molar-refractivity contribution is -0.153. The summed E-state index contributed by atoms with van der Waals surface area (Å²) in [5.41, 5.74) is 3.74. The van der Waals surface area contributed by atoms with Gasteiger partial charge in [-0.15, -0.1) is 0 Å². The van der Waals surface area contributed by atoms with Crippen LogP contribution in [0.5, 0.6) is 5.75 Å². The van der Waals surface area contributed by atoms with E-state index in [1.54, 1.807) is 6.07 Å². The molecule has 160 valence electrons. The molecule has 2 aromatic rings. The topological polar surface area (TPSA) is 84.9 Å². The molecule has 0 aliphatic rings. The second kappa shape index (κ2) is 11.0. The highest BCUT2D eigenvalue weighted by atomic mass is 16.6. The number of aryl methyl sites for hydroxylation is 3. The van der Waals surface area contributed by atoms with E-state index < -0.39 is 18.5 Å². The summed E-state index contributed by atoms with van der Waals surface area (Å²) < 4.78 is 10.4. The molecule has 7 heteroatoms. The van der Waals surface area contributed by atoms with E-state index in [1.165, 1.54) is 11.9 Å². The maximum absolute atomic E-state index is 12.2. The van der Waals surface area contributed by atoms with E-state index in [2.05, 4.69) is 5.32 Å². The Labute approximate surface area is 177 Å². The highest BCUT2D eigenvalue weighted by molar-refractivity contribution is 5.95. The number of nitrogens with one attached hydrogen (secondary N) is 1. The van der Waals surface area contributed by atoms with Crippen molar-refractivity contribution in [3.05, 3.63) is 59.2 Å². The number of ether oxygens (including phenoxy) is 2. The summed E-state index contributed by atoms with van der Waals surface area (Å²) in [6.07, 6.45) is 0.783. The Morgan fingerprint density at radius 3 is 2.47 bits per heavy atom. The number of likely N-dealkylation sites (N-methyl/N-ethyl adjacent to an activating group) is 1. The number of amides is 2. The van der Waals surface area contributed by atoms with Crippen molar-refractivity contribution >= 4 is 23.5 Å². The van der Waals surface area contributed by atoms with Gasteiger partial charge in [0.15, 0.2) is 13.2 Å². The monoisotopic (exact) mass is 412 g/mol. The van der Waals surface area contributed by atoms with Gasteiger partial charge in [0.05, 0.1) is 6.54 Å². The van der Waals surface area contributed by atoms with Crippen LogP contribution in [0.2, 0.25) is 0 Å². The van der Waals surface area contributed by atoms with Crippen molar-refractivity contribution in [2.24, 2.45) is 0 Å². The fraction of sp³-hybridized carbons (Fsp3) is 0.348. The normalized spacial score (nSPS) is 10.3. The number of carbonyl (C=O) groups excluding carboxylic acids is 3.